The van der Waals surface area contributed by atoms with Gasteiger partial charge in [-0.05, 0) is 61.1 Å². The maximum Gasteiger partial charge on any atom is 0.347 e. The number of thiophene rings is 1. The molecule has 2 fully saturated rings. The highest BCUT2D eigenvalue weighted by Gasteiger charge is 2.66. The molecule has 0 spiro atoms. The van der Waals surface area contributed by atoms with Crippen LogP contribution in [-0.4, -0.2) is 71.5 Å². The quantitative estimate of drug-likeness (QED) is 0.143. The van der Waals surface area contributed by atoms with Crippen LogP contribution in [-0.2, 0) is 43.2 Å². The molecule has 0 radical (unpaired) electrons. The van der Waals surface area contributed by atoms with Gasteiger partial charge in [-0.1, -0.05) is 23.7 Å². The number of aromatic hydroxyl groups is 1. The van der Waals surface area contributed by atoms with Crippen LogP contribution in [0.2, 0.25) is 5.02 Å². The third-order valence-corrected chi connectivity index (χ3v) is 15.1. The van der Waals surface area contributed by atoms with Crippen molar-refractivity contribution in [1.29, 1.82) is 0 Å². The largest absolute Gasteiger partial charge is 0.508 e. The Balaban J connectivity index is 1.05. The van der Waals surface area contributed by atoms with Crippen LogP contribution in [0.15, 0.2) is 80.6 Å². The third kappa shape index (κ3) is 6.06. The molecule has 19 heteroatoms. The van der Waals surface area contributed by atoms with E-state index in [4.69, 9.17) is 30.9 Å². The molecule has 2 amide bonds. The fraction of sp³-hybridized carbons (Fsp3) is 0.326. The van der Waals surface area contributed by atoms with Crippen molar-refractivity contribution >= 4 is 61.7 Å². The molecule has 334 valence electrons. The molecule has 1 aliphatic carbocycles. The van der Waals surface area contributed by atoms with Crippen molar-refractivity contribution in [2.75, 3.05) is 26.2 Å². The molecule has 4 aromatic heterocycles. The smallest absolute Gasteiger partial charge is 0.347 e. The van der Waals surface area contributed by atoms with E-state index in [1.807, 2.05) is 31.2 Å². The monoisotopic (exact) mass is 918 g/mol. The Kier molecular flexibility index (Phi) is 9.76. The number of hydrogen-bond acceptors (Lipinski definition) is 12. The highest BCUT2D eigenvalue weighted by Crippen LogP contribution is 2.62. The molecule has 6 heterocycles. The van der Waals surface area contributed by atoms with E-state index in [2.05, 4.69) is 4.98 Å². The van der Waals surface area contributed by atoms with E-state index >= 15 is 9.59 Å². The lowest BCUT2D eigenvalue weighted by Gasteiger charge is -2.47. The van der Waals surface area contributed by atoms with Crippen molar-refractivity contribution in [3.63, 3.8) is 0 Å². The molecule has 10 rings (SSSR count). The predicted molar refractivity (Wildman–Crippen MR) is 244 cm³/mol. The minimum absolute atomic E-state index is 0.0150. The first-order valence-corrected chi connectivity index (χ1v) is 22.0. The molecule has 0 bridgehead atoms. The van der Waals surface area contributed by atoms with Gasteiger partial charge in [0.15, 0.2) is 11.5 Å². The number of phenolic OH excluding ortho intramolecular Hbond substituents is 1. The van der Waals surface area contributed by atoms with Gasteiger partial charge in [0.2, 0.25) is 11.8 Å². The van der Waals surface area contributed by atoms with Gasteiger partial charge in [-0.25, -0.2) is 33.4 Å². The lowest BCUT2D eigenvalue weighted by molar-refractivity contribution is -0.129. The number of fused-ring (bicyclic) bond motifs is 6. The number of allylic oxidation sites excluding steroid dienone is 2. The van der Waals surface area contributed by atoms with Crippen LogP contribution in [0.4, 0.5) is 5.82 Å². The zero-order valence-corrected chi connectivity index (χ0v) is 38.0. The van der Waals surface area contributed by atoms with Gasteiger partial charge in [-0.2, -0.15) is 5.10 Å². The van der Waals surface area contributed by atoms with Crippen LogP contribution in [0.5, 0.6) is 23.0 Å². The Morgan fingerprint density at radius 3 is 2.40 bits per heavy atom. The van der Waals surface area contributed by atoms with E-state index in [9.17, 15) is 19.5 Å². The van der Waals surface area contributed by atoms with Gasteiger partial charge in [0, 0.05) is 72.5 Å². The van der Waals surface area contributed by atoms with E-state index in [0.717, 1.165) is 25.1 Å². The van der Waals surface area contributed by atoms with E-state index < -0.39 is 52.0 Å². The Hall–Kier alpha value is -6.92. The molecule has 1 saturated heterocycles. The number of hydrogen-bond donors (Lipinski definition) is 1. The van der Waals surface area contributed by atoms with Gasteiger partial charge >= 0.3 is 11.4 Å². The van der Waals surface area contributed by atoms with Crippen molar-refractivity contribution < 1.29 is 28.9 Å². The Labute approximate surface area is 378 Å². The van der Waals surface area contributed by atoms with Gasteiger partial charge in [0.25, 0.3) is 5.56 Å². The van der Waals surface area contributed by atoms with Gasteiger partial charge in [-0.3, -0.25) is 19.1 Å². The Morgan fingerprint density at radius 1 is 0.923 bits per heavy atom. The molecule has 7 aromatic rings. The number of nitrogens with zero attached hydrogens (tertiary/aromatic N) is 8. The number of aryl methyl sites for hydroxylation is 4. The fourth-order valence-electron chi connectivity index (χ4n) is 10.3. The van der Waals surface area contributed by atoms with Crippen LogP contribution in [0.25, 0.3) is 31.7 Å². The number of imide groups is 1. The summed E-state index contributed by atoms with van der Waals surface area (Å²) in [4.78, 5) is 79.4. The number of benzene rings is 3. The molecule has 4 unspecified atom stereocenters. The minimum atomic E-state index is -1.42. The SMILES string of the molecule is COc1cc2nc(CCn3c(=O)n4n(c3=O)C3CC5C(=O)N(c6cc(-c7sc8ccc(Cl)cc8c7C)nn6C)C(=O)C5(C)C(c5ccc(O)cc5OC)C3=CC4)c(=O)n(C)c2cc1OC. The number of aromatic nitrogens is 7. The molecule has 65 heavy (non-hydrogen) atoms. The number of phenols is 1. The van der Waals surface area contributed by atoms with E-state index in [1.54, 1.807) is 45.3 Å². The summed E-state index contributed by atoms with van der Waals surface area (Å²) >= 11 is 7.88. The number of halogens is 1. The second-order valence-electron chi connectivity index (χ2n) is 16.8. The molecular weight excluding hydrogens is 876 g/mol. The van der Waals surface area contributed by atoms with Crippen molar-refractivity contribution in [2.24, 2.45) is 25.4 Å². The zero-order chi connectivity index (χ0) is 46.0. The van der Waals surface area contributed by atoms with E-state index in [1.165, 1.54) is 68.3 Å². The first kappa shape index (κ1) is 42.1. The van der Waals surface area contributed by atoms with E-state index in [0.29, 0.717) is 44.4 Å². The first-order valence-electron chi connectivity index (χ1n) is 20.8. The summed E-state index contributed by atoms with van der Waals surface area (Å²) in [6.45, 7) is 3.57. The number of ether oxygens (including phenoxy) is 3. The highest BCUT2D eigenvalue weighted by molar-refractivity contribution is 7.22. The molecule has 3 aromatic carbocycles. The van der Waals surface area contributed by atoms with Crippen LogP contribution < -0.4 is 36.0 Å². The minimum Gasteiger partial charge on any atom is -0.508 e. The Morgan fingerprint density at radius 2 is 1.66 bits per heavy atom. The van der Waals surface area contributed by atoms with Gasteiger partial charge in [0.1, 0.15) is 28.7 Å². The molecule has 17 nitrogen and oxygen atoms in total. The van der Waals surface area contributed by atoms with Gasteiger partial charge in [-0.15, -0.1) is 11.3 Å². The maximum atomic E-state index is 15.3. The summed E-state index contributed by atoms with van der Waals surface area (Å²) in [7, 11) is 7.74. The summed E-state index contributed by atoms with van der Waals surface area (Å²) in [5.74, 6) is -1.42. The lowest BCUT2D eigenvalue weighted by atomic mass is 9.56. The van der Waals surface area contributed by atoms with Gasteiger partial charge < -0.3 is 23.9 Å². The summed E-state index contributed by atoms with van der Waals surface area (Å²) in [6, 6.07) is 14.5. The number of carbonyl (C=O) groups is 2. The van der Waals surface area contributed by atoms with Crippen LogP contribution in [0.1, 0.15) is 42.1 Å². The van der Waals surface area contributed by atoms with Crippen LogP contribution in [0.3, 0.4) is 0 Å². The average molecular weight is 919 g/mol. The molecule has 2 aliphatic heterocycles. The van der Waals surface area contributed by atoms with Crippen LogP contribution in [0, 0.1) is 18.3 Å². The van der Waals surface area contributed by atoms with Crippen molar-refractivity contribution in [2.45, 2.75) is 51.7 Å². The zero-order valence-electron chi connectivity index (χ0n) is 36.4. The number of rotatable bonds is 9. The lowest BCUT2D eigenvalue weighted by Crippen LogP contribution is -2.49. The number of carbonyl (C=O) groups excluding carboxylic acids is 2. The van der Waals surface area contributed by atoms with Crippen LogP contribution >= 0.6 is 22.9 Å². The average Bonchev–Trinajstić information content (AvgIpc) is 3.96. The topological polar surface area (TPSA) is 187 Å². The Bertz CT molecular complexity index is 3430. The molecule has 4 atom stereocenters. The van der Waals surface area contributed by atoms with Crippen molar-refractivity contribution in [1.82, 2.24) is 33.3 Å². The molecular formula is C46H43ClN8O9S. The van der Waals surface area contributed by atoms with Crippen molar-refractivity contribution in [3.8, 4) is 33.6 Å². The molecule has 1 N–H and O–H groups in total. The summed E-state index contributed by atoms with van der Waals surface area (Å²) in [5, 5.41) is 16.9. The normalized spacial score (nSPS) is 20.3. The summed E-state index contributed by atoms with van der Waals surface area (Å²) < 4.78 is 24.4. The summed E-state index contributed by atoms with van der Waals surface area (Å²) in [6.07, 6.45) is 1.82. The van der Waals surface area contributed by atoms with Crippen molar-refractivity contribution in [3.05, 3.63) is 119 Å². The fourth-order valence-corrected chi connectivity index (χ4v) is 11.6. The second-order valence-corrected chi connectivity index (χ2v) is 18.3. The highest BCUT2D eigenvalue weighted by atomic mass is 35.5. The van der Waals surface area contributed by atoms with E-state index in [-0.39, 0.29) is 48.9 Å². The molecule has 3 aliphatic rings. The standard InChI is InChI=1S/C46H43ClN8O9S/c1-22-27-16-23(47)8-11-37(27)65-40(22)31-20-38(51(4)49-31)54-41(57)28-18-32-25(39(46(28,2)43(54)59)26-10-9-24(56)17-34(26)62-5)12-15-53-44(60)52(45(61)55(32)53)14-13-29-42(58)50(3)33-21-36(64-7)35(63-6)19-30(33)48-29/h8-12,16-17,19-21,28,32,39,56H,13-15,18H2,1-7H3. The number of methoxy groups -OCH3 is 3. The maximum absolute atomic E-state index is 15.3. The predicted octanol–water partition coefficient (Wildman–Crippen LogP) is 5.47. The number of amides is 2. The summed E-state index contributed by atoms with van der Waals surface area (Å²) in [5.41, 5.74) is 0.777. The molecule has 1 saturated carbocycles. The second kappa shape index (κ2) is 15.1. The number of anilines is 1. The third-order valence-electron chi connectivity index (χ3n) is 13.6. The van der Waals surface area contributed by atoms with Gasteiger partial charge in [0.05, 0.1) is 61.2 Å². The first-order chi connectivity index (χ1) is 31.1.